The number of carbonyl (C=O) groups is 1. The van der Waals surface area contributed by atoms with E-state index in [0.717, 1.165) is 50.8 Å². The van der Waals surface area contributed by atoms with Gasteiger partial charge in [-0.3, -0.25) is 4.79 Å². The molecule has 1 atom stereocenters. The van der Waals surface area contributed by atoms with Gasteiger partial charge >= 0.3 is 0 Å². The van der Waals surface area contributed by atoms with Crippen molar-refractivity contribution in [2.24, 2.45) is 5.92 Å². The Labute approximate surface area is 100 Å². The Balaban J connectivity index is 1.91. The van der Waals surface area contributed by atoms with Gasteiger partial charge in [-0.2, -0.15) is 0 Å². The van der Waals surface area contributed by atoms with Crippen molar-refractivity contribution < 1.29 is 9.53 Å². The molecule has 88 valence electrons. The maximum absolute atomic E-state index is 11.3. The summed E-state index contributed by atoms with van der Waals surface area (Å²) in [6.45, 7) is 2.57. The van der Waals surface area contributed by atoms with E-state index >= 15 is 0 Å². The summed E-state index contributed by atoms with van der Waals surface area (Å²) in [6.07, 6.45) is 4.92. The first-order valence-electron chi connectivity index (χ1n) is 5.73. The predicted molar refractivity (Wildman–Crippen MR) is 64.2 cm³/mol. The minimum atomic E-state index is 0.190. The average molecular weight is 278 g/mol. The second kappa shape index (κ2) is 8.11. The molecule has 0 aromatic carbocycles. The highest BCUT2D eigenvalue weighted by Gasteiger charge is 2.15. The van der Waals surface area contributed by atoms with Crippen molar-refractivity contribution in [3.05, 3.63) is 0 Å². The lowest BCUT2D eigenvalue weighted by Gasteiger charge is -2.08. The molecule has 0 saturated carbocycles. The van der Waals surface area contributed by atoms with Gasteiger partial charge in [0.15, 0.2) is 0 Å². The summed E-state index contributed by atoms with van der Waals surface area (Å²) in [4.78, 5) is 11.3. The highest BCUT2D eigenvalue weighted by molar-refractivity contribution is 9.09. The number of ether oxygens (including phenoxy) is 1. The van der Waals surface area contributed by atoms with Crippen LogP contribution in [0, 0.1) is 5.92 Å². The molecular formula is C11H20BrNO2. The van der Waals surface area contributed by atoms with E-state index in [9.17, 15) is 4.79 Å². The number of hydrogen-bond donors (Lipinski definition) is 1. The largest absolute Gasteiger partial charge is 0.381 e. The Morgan fingerprint density at radius 1 is 1.47 bits per heavy atom. The number of alkyl halides is 1. The van der Waals surface area contributed by atoms with Crippen molar-refractivity contribution in [1.82, 2.24) is 5.32 Å². The maximum Gasteiger partial charge on any atom is 0.219 e. The first-order chi connectivity index (χ1) is 7.33. The quantitative estimate of drug-likeness (QED) is 0.572. The third-order valence-corrected chi connectivity index (χ3v) is 3.25. The lowest BCUT2D eigenvalue weighted by atomic mass is 10.1. The molecule has 0 aromatic rings. The lowest BCUT2D eigenvalue weighted by molar-refractivity contribution is -0.121. The van der Waals surface area contributed by atoms with Gasteiger partial charge in [-0.25, -0.2) is 0 Å². The summed E-state index contributed by atoms with van der Waals surface area (Å²) in [6, 6.07) is 0. The minimum Gasteiger partial charge on any atom is -0.381 e. The first kappa shape index (κ1) is 13.0. The topological polar surface area (TPSA) is 38.3 Å². The average Bonchev–Trinajstić information content (AvgIpc) is 2.71. The van der Waals surface area contributed by atoms with Crippen molar-refractivity contribution in [2.45, 2.75) is 32.1 Å². The number of carbonyl (C=O) groups excluding carboxylic acids is 1. The van der Waals surface area contributed by atoms with Crippen LogP contribution in [-0.2, 0) is 9.53 Å². The fourth-order valence-corrected chi connectivity index (χ4v) is 2.09. The van der Waals surface area contributed by atoms with Crippen LogP contribution in [0.15, 0.2) is 0 Å². The zero-order chi connectivity index (χ0) is 10.9. The van der Waals surface area contributed by atoms with Crippen LogP contribution in [0.3, 0.4) is 0 Å². The molecule has 0 aromatic heterocycles. The zero-order valence-corrected chi connectivity index (χ0v) is 10.7. The fourth-order valence-electron chi connectivity index (χ4n) is 1.70. The minimum absolute atomic E-state index is 0.190. The van der Waals surface area contributed by atoms with Crippen LogP contribution in [0.2, 0.25) is 0 Å². The monoisotopic (exact) mass is 277 g/mol. The smallest absolute Gasteiger partial charge is 0.219 e. The Kier molecular flexibility index (Phi) is 7.01. The molecule has 1 heterocycles. The highest BCUT2D eigenvalue weighted by atomic mass is 79.9. The van der Waals surface area contributed by atoms with Crippen LogP contribution in [-0.4, -0.2) is 31.0 Å². The molecule has 1 N–H and O–H groups in total. The molecule has 0 radical (unpaired) electrons. The Bertz CT molecular complexity index is 181. The van der Waals surface area contributed by atoms with Crippen molar-refractivity contribution in [2.75, 3.05) is 25.1 Å². The van der Waals surface area contributed by atoms with E-state index < -0.39 is 0 Å². The van der Waals surface area contributed by atoms with E-state index in [-0.39, 0.29) is 5.91 Å². The Morgan fingerprint density at radius 2 is 2.33 bits per heavy atom. The van der Waals surface area contributed by atoms with E-state index in [1.807, 2.05) is 0 Å². The van der Waals surface area contributed by atoms with Crippen LogP contribution in [0.5, 0.6) is 0 Å². The molecule has 1 aliphatic rings. The van der Waals surface area contributed by atoms with Gasteiger partial charge in [0, 0.05) is 31.5 Å². The van der Waals surface area contributed by atoms with E-state index in [1.165, 1.54) is 0 Å². The number of nitrogens with one attached hydrogen (secondary N) is 1. The van der Waals surface area contributed by atoms with Gasteiger partial charge in [0.1, 0.15) is 0 Å². The number of halogens is 1. The third kappa shape index (κ3) is 6.15. The first-order valence-corrected chi connectivity index (χ1v) is 6.85. The summed E-state index contributed by atoms with van der Waals surface area (Å²) >= 11 is 3.35. The molecule has 1 amide bonds. The molecule has 1 aliphatic heterocycles. The van der Waals surface area contributed by atoms with Gasteiger partial charge in [0.05, 0.1) is 0 Å². The number of unbranched alkanes of at least 4 members (excludes halogenated alkanes) is 1. The lowest BCUT2D eigenvalue weighted by Crippen LogP contribution is -2.25. The Hall–Kier alpha value is -0.0900. The van der Waals surface area contributed by atoms with Crippen molar-refractivity contribution in [3.8, 4) is 0 Å². The van der Waals surface area contributed by atoms with Gasteiger partial charge in [0.2, 0.25) is 5.91 Å². The van der Waals surface area contributed by atoms with Crippen LogP contribution in [0.4, 0.5) is 0 Å². The molecule has 1 fully saturated rings. The van der Waals surface area contributed by atoms with Crippen LogP contribution in [0.1, 0.15) is 32.1 Å². The van der Waals surface area contributed by atoms with Crippen molar-refractivity contribution in [1.29, 1.82) is 0 Å². The van der Waals surface area contributed by atoms with E-state index in [1.54, 1.807) is 0 Å². The maximum atomic E-state index is 11.3. The molecule has 0 aliphatic carbocycles. The number of hydrogen-bond acceptors (Lipinski definition) is 2. The Morgan fingerprint density at radius 3 is 3.00 bits per heavy atom. The van der Waals surface area contributed by atoms with Crippen LogP contribution < -0.4 is 5.32 Å². The highest BCUT2D eigenvalue weighted by Crippen LogP contribution is 2.15. The van der Waals surface area contributed by atoms with Gasteiger partial charge in [0.25, 0.3) is 0 Å². The van der Waals surface area contributed by atoms with Gasteiger partial charge in [-0.1, -0.05) is 15.9 Å². The summed E-state index contributed by atoms with van der Waals surface area (Å²) < 4.78 is 5.28. The molecule has 1 rings (SSSR count). The second-order valence-electron chi connectivity index (χ2n) is 4.01. The molecular weight excluding hydrogens is 258 g/mol. The standard InChI is InChI=1S/C11H20BrNO2/c12-6-2-1-3-11(14)13-7-4-10-5-8-15-9-10/h10H,1-9H2,(H,13,14). The molecule has 4 heteroatoms. The zero-order valence-electron chi connectivity index (χ0n) is 9.14. The van der Waals surface area contributed by atoms with E-state index in [4.69, 9.17) is 4.74 Å². The second-order valence-corrected chi connectivity index (χ2v) is 4.81. The fraction of sp³-hybridized carbons (Fsp3) is 0.909. The molecule has 1 unspecified atom stereocenters. The number of rotatable bonds is 7. The van der Waals surface area contributed by atoms with Crippen LogP contribution in [0.25, 0.3) is 0 Å². The van der Waals surface area contributed by atoms with E-state index in [2.05, 4.69) is 21.2 Å². The van der Waals surface area contributed by atoms with Gasteiger partial charge in [-0.15, -0.1) is 0 Å². The number of amides is 1. The normalized spacial score (nSPS) is 20.5. The van der Waals surface area contributed by atoms with Crippen molar-refractivity contribution >= 4 is 21.8 Å². The predicted octanol–water partition coefficient (Wildman–Crippen LogP) is 2.09. The van der Waals surface area contributed by atoms with Gasteiger partial charge < -0.3 is 10.1 Å². The molecule has 0 spiro atoms. The van der Waals surface area contributed by atoms with Gasteiger partial charge in [-0.05, 0) is 31.6 Å². The summed E-state index contributed by atoms with van der Waals surface area (Å²) in [5.41, 5.74) is 0. The SMILES string of the molecule is O=C(CCCCBr)NCCC1CCOC1. The molecule has 3 nitrogen and oxygen atoms in total. The van der Waals surface area contributed by atoms with Crippen LogP contribution >= 0.6 is 15.9 Å². The van der Waals surface area contributed by atoms with E-state index in [0.29, 0.717) is 12.3 Å². The summed E-state index contributed by atoms with van der Waals surface area (Å²) in [7, 11) is 0. The van der Waals surface area contributed by atoms with Crippen molar-refractivity contribution in [3.63, 3.8) is 0 Å². The molecule has 15 heavy (non-hydrogen) atoms. The molecule has 0 bridgehead atoms. The third-order valence-electron chi connectivity index (χ3n) is 2.69. The summed E-state index contributed by atoms with van der Waals surface area (Å²) in [5, 5.41) is 3.94. The summed E-state index contributed by atoms with van der Waals surface area (Å²) in [5.74, 6) is 0.850. The molecule has 1 saturated heterocycles.